The molecular formula is C15H18N2OS2. The number of thiazole rings is 1. The quantitative estimate of drug-likeness (QED) is 0.923. The van der Waals surface area contributed by atoms with Gasteiger partial charge in [0.1, 0.15) is 0 Å². The molecule has 2 aromatic heterocycles. The maximum atomic E-state index is 12.3. The molecule has 3 nitrogen and oxygen atoms in total. The summed E-state index contributed by atoms with van der Waals surface area (Å²) in [5, 5.41) is 3.71. The van der Waals surface area contributed by atoms with E-state index in [0.717, 1.165) is 29.3 Å². The van der Waals surface area contributed by atoms with Gasteiger partial charge in [0.25, 0.3) is 5.91 Å². The van der Waals surface area contributed by atoms with Crippen LogP contribution in [0, 0.1) is 6.92 Å². The van der Waals surface area contributed by atoms with Crippen molar-refractivity contribution in [2.75, 3.05) is 5.32 Å². The third-order valence-electron chi connectivity index (χ3n) is 3.63. The molecule has 1 N–H and O–H groups in total. The standard InChI is InChI=1S/C15H18N2OS2/c1-3-11-9(2)8-13(19-11)14(18)17-15-16-10-6-4-5-7-12(10)20-15/h8H,3-7H2,1-2H3,(H,16,17,18). The number of hydrogen-bond acceptors (Lipinski definition) is 4. The molecule has 1 aliphatic rings. The molecule has 0 aromatic carbocycles. The van der Waals surface area contributed by atoms with Gasteiger partial charge in [-0.15, -0.1) is 22.7 Å². The van der Waals surface area contributed by atoms with Gasteiger partial charge in [0.15, 0.2) is 5.13 Å². The van der Waals surface area contributed by atoms with Crippen molar-refractivity contribution in [3.05, 3.63) is 32.0 Å². The molecule has 2 heterocycles. The average Bonchev–Trinajstić information content (AvgIpc) is 3.01. The Hall–Kier alpha value is -1.20. The number of carbonyl (C=O) groups excluding carboxylic acids is 1. The Morgan fingerprint density at radius 1 is 1.35 bits per heavy atom. The number of aryl methyl sites for hydroxylation is 4. The number of carbonyl (C=O) groups is 1. The second kappa shape index (κ2) is 5.66. The summed E-state index contributed by atoms with van der Waals surface area (Å²) in [5.74, 6) is -0.0242. The minimum atomic E-state index is -0.0242. The zero-order valence-electron chi connectivity index (χ0n) is 11.8. The van der Waals surface area contributed by atoms with Gasteiger partial charge >= 0.3 is 0 Å². The lowest BCUT2D eigenvalue weighted by Gasteiger charge is -2.06. The molecule has 0 saturated heterocycles. The molecule has 1 aliphatic carbocycles. The van der Waals surface area contributed by atoms with Crippen molar-refractivity contribution in [3.8, 4) is 0 Å². The van der Waals surface area contributed by atoms with Crippen LogP contribution in [0.1, 0.15) is 50.4 Å². The second-order valence-electron chi connectivity index (χ2n) is 5.12. The molecule has 0 unspecified atom stereocenters. The van der Waals surface area contributed by atoms with Crippen LogP contribution in [0.3, 0.4) is 0 Å². The highest BCUT2D eigenvalue weighted by Gasteiger charge is 2.18. The highest BCUT2D eigenvalue weighted by molar-refractivity contribution is 7.16. The summed E-state index contributed by atoms with van der Waals surface area (Å²) >= 11 is 3.22. The van der Waals surface area contributed by atoms with Gasteiger partial charge in [0.05, 0.1) is 10.6 Å². The van der Waals surface area contributed by atoms with Crippen molar-refractivity contribution in [2.45, 2.75) is 46.0 Å². The third-order valence-corrected chi connectivity index (χ3v) is 6.08. The second-order valence-corrected chi connectivity index (χ2v) is 7.34. The van der Waals surface area contributed by atoms with Crippen LogP contribution in [0.5, 0.6) is 0 Å². The Labute approximate surface area is 127 Å². The first-order valence-electron chi connectivity index (χ1n) is 7.06. The summed E-state index contributed by atoms with van der Waals surface area (Å²) in [6, 6.07) is 1.98. The fourth-order valence-electron chi connectivity index (χ4n) is 2.55. The fraction of sp³-hybridized carbons (Fsp3) is 0.467. The van der Waals surface area contributed by atoms with Crippen molar-refractivity contribution in [1.29, 1.82) is 0 Å². The maximum absolute atomic E-state index is 12.3. The summed E-state index contributed by atoms with van der Waals surface area (Å²) < 4.78 is 0. The predicted molar refractivity (Wildman–Crippen MR) is 85.1 cm³/mol. The van der Waals surface area contributed by atoms with Crippen LogP contribution >= 0.6 is 22.7 Å². The Kier molecular flexibility index (Phi) is 3.89. The van der Waals surface area contributed by atoms with Gasteiger partial charge < -0.3 is 0 Å². The predicted octanol–water partition coefficient (Wildman–Crippen LogP) is 4.21. The number of hydrogen-bond donors (Lipinski definition) is 1. The van der Waals surface area contributed by atoms with Crippen molar-refractivity contribution in [1.82, 2.24) is 4.98 Å². The summed E-state index contributed by atoms with van der Waals surface area (Å²) in [7, 11) is 0. The first-order chi connectivity index (χ1) is 9.67. The van der Waals surface area contributed by atoms with E-state index in [1.807, 2.05) is 6.07 Å². The largest absolute Gasteiger partial charge is 0.297 e. The van der Waals surface area contributed by atoms with E-state index in [9.17, 15) is 4.79 Å². The Bertz CT molecular complexity index is 619. The van der Waals surface area contributed by atoms with Crippen molar-refractivity contribution in [3.63, 3.8) is 0 Å². The van der Waals surface area contributed by atoms with Gasteiger partial charge in [0, 0.05) is 9.75 Å². The SMILES string of the molecule is CCc1sc(C(=O)Nc2nc3c(s2)CCCC3)cc1C. The molecule has 0 atom stereocenters. The number of anilines is 1. The normalized spacial score (nSPS) is 14.1. The van der Waals surface area contributed by atoms with Crippen LogP contribution in [0.25, 0.3) is 0 Å². The molecule has 3 rings (SSSR count). The van der Waals surface area contributed by atoms with E-state index in [-0.39, 0.29) is 5.91 Å². The van der Waals surface area contributed by atoms with Crippen LogP contribution in [0.15, 0.2) is 6.07 Å². The van der Waals surface area contributed by atoms with Gasteiger partial charge in [0.2, 0.25) is 0 Å². The van der Waals surface area contributed by atoms with E-state index in [1.165, 1.54) is 33.9 Å². The molecule has 2 aromatic rings. The lowest BCUT2D eigenvalue weighted by atomic mass is 10.0. The maximum Gasteiger partial charge on any atom is 0.267 e. The zero-order chi connectivity index (χ0) is 14.1. The minimum absolute atomic E-state index is 0.0242. The first kappa shape index (κ1) is 13.8. The minimum Gasteiger partial charge on any atom is -0.297 e. The van der Waals surface area contributed by atoms with E-state index >= 15 is 0 Å². The monoisotopic (exact) mass is 306 g/mol. The molecule has 0 bridgehead atoms. The van der Waals surface area contributed by atoms with Crippen molar-refractivity contribution < 1.29 is 4.79 Å². The topological polar surface area (TPSA) is 42.0 Å². The number of aromatic nitrogens is 1. The molecule has 0 radical (unpaired) electrons. The van der Waals surface area contributed by atoms with Gasteiger partial charge in [-0.2, -0.15) is 0 Å². The van der Waals surface area contributed by atoms with Gasteiger partial charge in [-0.1, -0.05) is 6.92 Å². The molecule has 106 valence electrons. The van der Waals surface area contributed by atoms with Crippen molar-refractivity contribution in [2.24, 2.45) is 0 Å². The number of nitrogens with zero attached hydrogens (tertiary/aromatic N) is 1. The third kappa shape index (κ3) is 2.65. The summed E-state index contributed by atoms with van der Waals surface area (Å²) in [6.07, 6.45) is 5.61. The van der Waals surface area contributed by atoms with Gasteiger partial charge in [-0.05, 0) is 50.7 Å². The molecule has 0 fully saturated rings. The molecule has 20 heavy (non-hydrogen) atoms. The summed E-state index contributed by atoms with van der Waals surface area (Å²) in [6.45, 7) is 4.18. The number of nitrogens with one attached hydrogen (secondary N) is 1. The van der Waals surface area contributed by atoms with Crippen LogP contribution in [0.2, 0.25) is 0 Å². The van der Waals surface area contributed by atoms with Crippen molar-refractivity contribution >= 4 is 33.7 Å². The molecule has 0 saturated carbocycles. The van der Waals surface area contributed by atoms with Crippen LogP contribution in [0.4, 0.5) is 5.13 Å². The summed E-state index contributed by atoms with van der Waals surface area (Å²) in [4.78, 5) is 20.3. The smallest absolute Gasteiger partial charge is 0.267 e. The zero-order valence-corrected chi connectivity index (χ0v) is 13.4. The van der Waals surface area contributed by atoms with Crippen LogP contribution in [-0.4, -0.2) is 10.9 Å². The highest BCUT2D eigenvalue weighted by atomic mass is 32.1. The van der Waals surface area contributed by atoms with Crippen LogP contribution < -0.4 is 5.32 Å². The molecular weight excluding hydrogens is 288 g/mol. The van der Waals surface area contributed by atoms with Gasteiger partial charge in [-0.3, -0.25) is 10.1 Å². The Morgan fingerprint density at radius 3 is 2.85 bits per heavy atom. The summed E-state index contributed by atoms with van der Waals surface area (Å²) in [5.41, 5.74) is 2.40. The highest BCUT2D eigenvalue weighted by Crippen LogP contribution is 2.30. The number of amides is 1. The molecule has 0 spiro atoms. The van der Waals surface area contributed by atoms with E-state index in [4.69, 9.17) is 0 Å². The lowest BCUT2D eigenvalue weighted by molar-refractivity contribution is 0.103. The van der Waals surface area contributed by atoms with E-state index in [2.05, 4.69) is 24.1 Å². The lowest BCUT2D eigenvalue weighted by Crippen LogP contribution is -2.09. The molecule has 1 amide bonds. The van der Waals surface area contributed by atoms with Crippen LogP contribution in [-0.2, 0) is 19.3 Å². The first-order valence-corrected chi connectivity index (χ1v) is 8.70. The Morgan fingerprint density at radius 2 is 2.15 bits per heavy atom. The average molecular weight is 306 g/mol. The molecule has 0 aliphatic heterocycles. The number of rotatable bonds is 3. The van der Waals surface area contributed by atoms with E-state index < -0.39 is 0 Å². The van der Waals surface area contributed by atoms with Gasteiger partial charge in [-0.25, -0.2) is 4.98 Å². The van der Waals surface area contributed by atoms with E-state index in [0.29, 0.717) is 0 Å². The number of thiophene rings is 1. The fourth-order valence-corrected chi connectivity index (χ4v) is 4.60. The molecule has 5 heteroatoms. The Balaban J connectivity index is 1.76. The van der Waals surface area contributed by atoms with E-state index in [1.54, 1.807) is 22.7 Å². The number of fused-ring (bicyclic) bond motifs is 1.